The van der Waals surface area contributed by atoms with E-state index in [2.05, 4.69) is 37.7 Å². The smallest absolute Gasteiger partial charge is 0.0133 e. The van der Waals surface area contributed by atoms with Crippen LogP contribution in [0.3, 0.4) is 0 Å². The molecule has 0 bridgehead atoms. The van der Waals surface area contributed by atoms with E-state index in [9.17, 15) is 0 Å². The Morgan fingerprint density at radius 2 is 0.412 bits per heavy atom. The van der Waals surface area contributed by atoms with Crippen molar-refractivity contribution in [2.75, 3.05) is 26.2 Å². The lowest BCUT2D eigenvalue weighted by Gasteiger charge is -2.35. The van der Waals surface area contributed by atoms with Crippen LogP contribution in [-0.2, 0) is 0 Å². The van der Waals surface area contributed by atoms with Crippen LogP contribution in [0.5, 0.6) is 0 Å². The van der Waals surface area contributed by atoms with Crippen molar-refractivity contribution in [2.24, 2.45) is 0 Å². The lowest BCUT2D eigenvalue weighted by Crippen LogP contribution is -2.45. The van der Waals surface area contributed by atoms with Crippen molar-refractivity contribution in [1.82, 2.24) is 10.0 Å². The summed E-state index contributed by atoms with van der Waals surface area (Å²) in [4.78, 5) is 0. The summed E-state index contributed by atoms with van der Waals surface area (Å²) in [6.07, 6.45) is 33.9. The number of hydrogen-bond donors (Lipinski definition) is 0. The van der Waals surface area contributed by atoms with Crippen molar-refractivity contribution < 1.29 is 0 Å². The Bertz CT molecular complexity index is 345. The molecule has 0 fully saturated rings. The van der Waals surface area contributed by atoms with Gasteiger partial charge in [-0.3, -0.25) is 0 Å². The lowest BCUT2D eigenvalue weighted by molar-refractivity contribution is -0.0308. The lowest BCUT2D eigenvalue weighted by atomic mass is 10.1. The first kappa shape index (κ1) is 33.9. The molecule has 0 aliphatic carbocycles. The number of rotatable bonds is 29. The molecule has 0 radical (unpaired) electrons. The first-order valence-corrected chi connectivity index (χ1v) is 16.3. The highest BCUT2D eigenvalue weighted by molar-refractivity contribution is 4.62. The molecule has 0 N–H and O–H groups in total. The molecule has 2 heteroatoms. The van der Waals surface area contributed by atoms with E-state index < -0.39 is 0 Å². The van der Waals surface area contributed by atoms with Crippen LogP contribution in [0.25, 0.3) is 0 Å². The third kappa shape index (κ3) is 23.7. The predicted octanol–water partition coefficient (Wildman–Crippen LogP) is 10.9. The Morgan fingerprint density at radius 1 is 0.235 bits per heavy atom. The fraction of sp³-hybridized carbons (Fsp3) is 1.00. The highest BCUT2D eigenvalue weighted by Crippen LogP contribution is 2.15. The molecule has 0 heterocycles. The summed E-state index contributed by atoms with van der Waals surface area (Å²) in [5, 5.41) is 5.58. The van der Waals surface area contributed by atoms with E-state index in [1.54, 1.807) is 0 Å². The van der Waals surface area contributed by atoms with Gasteiger partial charge in [-0.25, -0.2) is 10.0 Å². The molecular weight excluding hydrogens is 412 g/mol. The largest absolute Gasteiger partial charge is 0.242 e. The topological polar surface area (TPSA) is 6.48 Å². The molecule has 0 spiro atoms. The van der Waals surface area contributed by atoms with Crippen molar-refractivity contribution >= 4 is 0 Å². The zero-order valence-electron chi connectivity index (χ0n) is 24.7. The summed E-state index contributed by atoms with van der Waals surface area (Å²) in [6, 6.07) is 0. The summed E-state index contributed by atoms with van der Waals surface area (Å²) in [5.74, 6) is 0. The second-order valence-corrected chi connectivity index (χ2v) is 11.0. The highest BCUT2D eigenvalue weighted by Gasteiger charge is 2.14. The molecule has 206 valence electrons. The zero-order valence-corrected chi connectivity index (χ0v) is 24.7. The van der Waals surface area contributed by atoms with Crippen LogP contribution in [0.2, 0.25) is 0 Å². The van der Waals surface area contributed by atoms with Gasteiger partial charge in [-0.05, 0) is 25.7 Å². The molecule has 0 aromatic carbocycles. The second-order valence-electron chi connectivity index (χ2n) is 11.0. The van der Waals surface area contributed by atoms with Gasteiger partial charge in [0, 0.05) is 26.2 Å². The minimum absolute atomic E-state index is 1.29. The Labute approximate surface area is 218 Å². The average molecular weight is 481 g/mol. The molecule has 0 unspecified atom stereocenters. The Balaban J connectivity index is 4.29. The first-order valence-electron chi connectivity index (χ1n) is 16.3. The molecule has 0 rings (SSSR count). The summed E-state index contributed by atoms with van der Waals surface area (Å²) >= 11 is 0. The molecule has 0 aliphatic rings. The fourth-order valence-electron chi connectivity index (χ4n) is 5.09. The van der Waals surface area contributed by atoms with Crippen LogP contribution in [0.15, 0.2) is 0 Å². The first-order chi connectivity index (χ1) is 16.8. The van der Waals surface area contributed by atoms with Crippen LogP contribution in [0, 0.1) is 0 Å². The van der Waals surface area contributed by atoms with E-state index >= 15 is 0 Å². The van der Waals surface area contributed by atoms with Gasteiger partial charge in [0.2, 0.25) is 0 Å². The molecule has 0 saturated carbocycles. The molecule has 0 aromatic rings. The molecule has 2 nitrogen and oxygen atoms in total. The second kappa shape index (κ2) is 29.2. The van der Waals surface area contributed by atoms with Crippen molar-refractivity contribution in [3.05, 3.63) is 0 Å². The maximum atomic E-state index is 2.80. The van der Waals surface area contributed by atoms with Crippen LogP contribution in [0.4, 0.5) is 0 Å². The van der Waals surface area contributed by atoms with E-state index in [0.29, 0.717) is 0 Å². The van der Waals surface area contributed by atoms with Crippen LogP contribution >= 0.6 is 0 Å². The van der Waals surface area contributed by atoms with Crippen LogP contribution < -0.4 is 0 Å². The van der Waals surface area contributed by atoms with Gasteiger partial charge in [0.15, 0.2) is 0 Å². The van der Waals surface area contributed by atoms with E-state index in [1.165, 1.54) is 180 Å². The minimum Gasteiger partial charge on any atom is -0.242 e. The summed E-state index contributed by atoms with van der Waals surface area (Å²) in [7, 11) is 0. The molecule has 0 aromatic heterocycles. The maximum Gasteiger partial charge on any atom is 0.0133 e. The Morgan fingerprint density at radius 3 is 0.647 bits per heavy atom. The average Bonchev–Trinajstić information content (AvgIpc) is 2.85. The normalized spacial score (nSPS) is 11.8. The zero-order chi connectivity index (χ0) is 25.0. The van der Waals surface area contributed by atoms with E-state index in [4.69, 9.17) is 0 Å². The van der Waals surface area contributed by atoms with E-state index in [0.717, 1.165) is 0 Å². The third-order valence-corrected chi connectivity index (χ3v) is 7.48. The minimum atomic E-state index is 1.29. The van der Waals surface area contributed by atoms with Gasteiger partial charge in [-0.2, -0.15) is 0 Å². The SMILES string of the molecule is CCCCCCCCCCCCCCN(CCCCCC)N(CCCCCC)CCCCCC. The fourth-order valence-corrected chi connectivity index (χ4v) is 5.09. The Hall–Kier alpha value is -0.0800. The van der Waals surface area contributed by atoms with Gasteiger partial charge >= 0.3 is 0 Å². The summed E-state index contributed by atoms with van der Waals surface area (Å²) in [5.41, 5.74) is 0. The Kier molecular flexibility index (Phi) is 29.1. The van der Waals surface area contributed by atoms with Crippen molar-refractivity contribution in [2.45, 2.75) is 182 Å². The van der Waals surface area contributed by atoms with E-state index in [-0.39, 0.29) is 0 Å². The van der Waals surface area contributed by atoms with Crippen molar-refractivity contribution in [3.8, 4) is 0 Å². The van der Waals surface area contributed by atoms with Crippen molar-refractivity contribution in [3.63, 3.8) is 0 Å². The number of hydrazine groups is 1. The van der Waals surface area contributed by atoms with E-state index in [1.807, 2.05) is 0 Å². The molecule has 34 heavy (non-hydrogen) atoms. The predicted molar refractivity (Wildman–Crippen MR) is 157 cm³/mol. The quantitative estimate of drug-likeness (QED) is 0.0775. The van der Waals surface area contributed by atoms with Crippen LogP contribution in [0.1, 0.15) is 182 Å². The number of hydrogen-bond acceptors (Lipinski definition) is 2. The molecule has 0 atom stereocenters. The summed E-state index contributed by atoms with van der Waals surface area (Å²) in [6.45, 7) is 14.5. The standard InChI is InChI=1S/C32H68N2/c1-5-9-13-17-18-19-20-21-22-23-24-28-32-34(31-27-16-12-8-4)33(29-25-14-10-6-2)30-26-15-11-7-3/h5-32H2,1-4H3. The van der Waals surface area contributed by atoms with Gasteiger partial charge in [0.25, 0.3) is 0 Å². The van der Waals surface area contributed by atoms with Crippen LogP contribution in [-0.4, -0.2) is 36.2 Å². The summed E-state index contributed by atoms with van der Waals surface area (Å²) < 4.78 is 0. The monoisotopic (exact) mass is 481 g/mol. The maximum absolute atomic E-state index is 2.80. The highest BCUT2D eigenvalue weighted by atomic mass is 15.6. The van der Waals surface area contributed by atoms with Crippen molar-refractivity contribution in [1.29, 1.82) is 0 Å². The van der Waals surface area contributed by atoms with Gasteiger partial charge in [0.05, 0.1) is 0 Å². The molecule has 0 saturated heterocycles. The number of unbranched alkanes of at least 4 members (excludes halogenated alkanes) is 20. The van der Waals surface area contributed by atoms with Gasteiger partial charge in [0.1, 0.15) is 0 Å². The third-order valence-electron chi connectivity index (χ3n) is 7.48. The van der Waals surface area contributed by atoms with Gasteiger partial charge in [-0.15, -0.1) is 0 Å². The van der Waals surface area contributed by atoms with Gasteiger partial charge in [-0.1, -0.05) is 156 Å². The molecular formula is C32H68N2. The van der Waals surface area contributed by atoms with Gasteiger partial charge < -0.3 is 0 Å². The number of nitrogens with zero attached hydrogens (tertiary/aromatic N) is 2. The molecule has 0 aliphatic heterocycles. The molecule has 0 amide bonds.